The number of nitrogens with one attached hydrogen (secondary N) is 5. The summed E-state index contributed by atoms with van der Waals surface area (Å²) in [7, 11) is 0. The van der Waals surface area contributed by atoms with Crippen LogP contribution in [-0.2, 0) is 35.2 Å². The van der Waals surface area contributed by atoms with E-state index in [1.165, 1.54) is 11.8 Å². The van der Waals surface area contributed by atoms with Gasteiger partial charge in [0.1, 0.15) is 24.2 Å². The molecule has 0 aliphatic carbocycles. The molecule has 1 aromatic heterocycles. The summed E-state index contributed by atoms with van der Waals surface area (Å²) in [5.74, 6) is -4.29. The van der Waals surface area contributed by atoms with Gasteiger partial charge in [-0.05, 0) is 56.7 Å². The van der Waals surface area contributed by atoms with E-state index < -0.39 is 66.0 Å². The zero-order chi connectivity index (χ0) is 33.8. The van der Waals surface area contributed by atoms with Gasteiger partial charge in [-0.2, -0.15) is 0 Å². The second-order valence-corrected chi connectivity index (χ2v) is 11.4. The van der Waals surface area contributed by atoms with Crippen molar-refractivity contribution in [3.63, 3.8) is 0 Å². The van der Waals surface area contributed by atoms with Crippen LogP contribution in [0.4, 0.5) is 0 Å². The zero-order valence-corrected chi connectivity index (χ0v) is 25.8. The molecule has 1 aromatic carbocycles. The minimum atomic E-state index is -1.24. The van der Waals surface area contributed by atoms with Gasteiger partial charge >= 0.3 is 5.97 Å². The molecule has 16 heteroatoms. The van der Waals surface area contributed by atoms with Crippen LogP contribution < -0.4 is 32.7 Å². The molecule has 1 aliphatic rings. The molecule has 2 aromatic rings. The number of hydrogen-bond acceptors (Lipinski definition) is 9. The second kappa shape index (κ2) is 17.2. The van der Waals surface area contributed by atoms with Crippen LogP contribution in [0.1, 0.15) is 57.4 Å². The van der Waals surface area contributed by atoms with Crippen LogP contribution >= 0.6 is 0 Å². The number of rotatable bonds is 17. The van der Waals surface area contributed by atoms with Crippen molar-refractivity contribution in [1.82, 2.24) is 31.2 Å². The Morgan fingerprint density at radius 3 is 2.43 bits per heavy atom. The first-order valence-corrected chi connectivity index (χ1v) is 15.3. The molecule has 0 saturated carbocycles. The molecule has 1 unspecified atom stereocenters. The maximum atomic E-state index is 13.8. The van der Waals surface area contributed by atoms with E-state index >= 15 is 0 Å². The lowest BCUT2D eigenvalue weighted by molar-refractivity contribution is -0.146. The fourth-order valence-corrected chi connectivity index (χ4v) is 5.55. The number of hydrogen-bond donors (Lipinski definition) is 9. The lowest BCUT2D eigenvalue weighted by Gasteiger charge is -2.37. The van der Waals surface area contributed by atoms with Gasteiger partial charge in [0.25, 0.3) is 0 Å². The van der Waals surface area contributed by atoms with Crippen molar-refractivity contribution in [3.05, 3.63) is 36.0 Å². The van der Waals surface area contributed by atoms with Crippen LogP contribution in [0.3, 0.4) is 0 Å². The van der Waals surface area contributed by atoms with Crippen molar-refractivity contribution in [2.75, 3.05) is 13.1 Å². The smallest absolute Gasteiger partial charge is 0.303 e. The number of aromatic amines is 1. The molecule has 2 heterocycles. The van der Waals surface area contributed by atoms with E-state index in [1.807, 2.05) is 24.3 Å². The van der Waals surface area contributed by atoms with Gasteiger partial charge in [-0.15, -0.1) is 0 Å². The summed E-state index contributed by atoms with van der Waals surface area (Å²) >= 11 is 0. The van der Waals surface area contributed by atoms with Crippen LogP contribution in [0.25, 0.3) is 10.9 Å². The monoisotopic (exact) mass is 644 g/mol. The molecule has 0 radical (unpaired) electrons. The number of nitrogens with two attached hydrogens (primary N) is 2. The number of aliphatic carboxylic acids is 1. The topological polar surface area (TPSA) is 262 Å². The molecule has 0 spiro atoms. The Labute approximate surface area is 266 Å². The van der Waals surface area contributed by atoms with Gasteiger partial charge in [0.2, 0.25) is 29.5 Å². The third-order valence-electron chi connectivity index (χ3n) is 7.83. The van der Waals surface area contributed by atoms with Crippen molar-refractivity contribution in [3.8, 4) is 0 Å². The molecular formula is C30H44N8O8. The maximum absolute atomic E-state index is 13.8. The van der Waals surface area contributed by atoms with E-state index in [0.717, 1.165) is 16.5 Å². The minimum absolute atomic E-state index is 0.0434. The van der Waals surface area contributed by atoms with Crippen molar-refractivity contribution in [2.45, 2.75) is 88.8 Å². The van der Waals surface area contributed by atoms with Crippen LogP contribution in [0, 0.1) is 0 Å². The van der Waals surface area contributed by atoms with Gasteiger partial charge < -0.3 is 41.8 Å². The van der Waals surface area contributed by atoms with Gasteiger partial charge in [0.05, 0.1) is 0 Å². The average Bonchev–Trinajstić information content (AvgIpc) is 3.42. The summed E-state index contributed by atoms with van der Waals surface area (Å²) in [5.41, 5.74) is 12.4. The SMILES string of the molecule is CC(=O)N[C@@H](CCC(=O)O)C(=O)N1CCCC[C@H]1C(=O)N[C@@H](Cc1c[nH]c2ccccc12)C(=O)N[C@@H](CCCNC(N)O)C(N)=O. The molecular weight excluding hydrogens is 600 g/mol. The first kappa shape index (κ1) is 35.9. The molecule has 0 bridgehead atoms. The van der Waals surface area contributed by atoms with Crippen molar-refractivity contribution >= 4 is 46.4 Å². The number of aliphatic hydroxyl groups is 1. The van der Waals surface area contributed by atoms with E-state index in [2.05, 4.69) is 26.3 Å². The Kier molecular flexibility index (Phi) is 13.5. The Balaban J connectivity index is 1.84. The standard InChI is InChI=1S/C30H44N8O8/c1-17(39)35-22(11-12-25(40)41)29(45)38-14-5-4-10-24(38)28(44)37-23(15-18-16-34-20-8-3-2-7-19(18)20)27(43)36-21(26(31)42)9-6-13-33-30(32)46/h2-3,7-8,16,21-24,30,33-34,46H,4-6,9-15,32H2,1H3,(H2,31,42)(H,35,39)(H,36,43)(H,37,44)(H,40,41)/t21-,22-,23-,24-,30?/m0/s1. The summed E-state index contributed by atoms with van der Waals surface area (Å²) in [6.45, 7) is 1.67. The molecule has 3 rings (SSSR count). The summed E-state index contributed by atoms with van der Waals surface area (Å²) in [5, 5.41) is 29.7. The third-order valence-corrected chi connectivity index (χ3v) is 7.83. The number of para-hydroxylation sites is 1. The number of fused-ring (bicyclic) bond motifs is 1. The first-order valence-electron chi connectivity index (χ1n) is 15.3. The number of likely N-dealkylation sites (tertiary alicyclic amines) is 1. The van der Waals surface area contributed by atoms with Crippen LogP contribution in [0.2, 0.25) is 0 Å². The van der Waals surface area contributed by atoms with Crippen LogP contribution in [0.5, 0.6) is 0 Å². The predicted octanol–water partition coefficient (Wildman–Crippen LogP) is -1.48. The summed E-state index contributed by atoms with van der Waals surface area (Å²) in [4.78, 5) is 80.7. The number of piperidine rings is 1. The van der Waals surface area contributed by atoms with Crippen LogP contribution in [-0.4, -0.2) is 99.2 Å². The molecule has 1 aliphatic heterocycles. The minimum Gasteiger partial charge on any atom is -0.481 e. The first-order chi connectivity index (χ1) is 21.9. The predicted molar refractivity (Wildman–Crippen MR) is 166 cm³/mol. The van der Waals surface area contributed by atoms with Crippen molar-refractivity contribution in [2.24, 2.45) is 11.5 Å². The molecule has 1 fully saturated rings. The number of carboxylic acid groups (broad SMARTS) is 1. The van der Waals surface area contributed by atoms with Gasteiger partial charge in [0.15, 0.2) is 6.35 Å². The number of aliphatic hydroxyl groups excluding tert-OH is 1. The number of carboxylic acids is 1. The summed E-state index contributed by atoms with van der Waals surface area (Å²) in [6, 6.07) is 3.04. The quantitative estimate of drug-likeness (QED) is 0.0712. The zero-order valence-electron chi connectivity index (χ0n) is 25.8. The number of aromatic nitrogens is 1. The van der Waals surface area contributed by atoms with Crippen molar-refractivity contribution < 1.29 is 39.0 Å². The molecule has 11 N–H and O–H groups in total. The Hall–Kier alpha value is -4.54. The number of nitrogens with zero attached hydrogens (tertiary/aromatic N) is 1. The average molecular weight is 645 g/mol. The molecule has 252 valence electrons. The Morgan fingerprint density at radius 1 is 1.02 bits per heavy atom. The van der Waals surface area contributed by atoms with Gasteiger partial charge in [0, 0.05) is 43.4 Å². The highest BCUT2D eigenvalue weighted by atomic mass is 16.4. The highest BCUT2D eigenvalue weighted by molar-refractivity contribution is 5.96. The van der Waals surface area contributed by atoms with E-state index in [4.69, 9.17) is 16.6 Å². The molecule has 46 heavy (non-hydrogen) atoms. The molecule has 16 nitrogen and oxygen atoms in total. The highest BCUT2D eigenvalue weighted by Crippen LogP contribution is 2.22. The molecule has 5 amide bonds. The fraction of sp³-hybridized carbons (Fsp3) is 0.533. The largest absolute Gasteiger partial charge is 0.481 e. The number of carbonyl (C=O) groups excluding carboxylic acids is 5. The van der Waals surface area contributed by atoms with Gasteiger partial charge in [-0.3, -0.25) is 39.8 Å². The molecule has 5 atom stereocenters. The number of primary amides is 1. The summed E-state index contributed by atoms with van der Waals surface area (Å²) in [6.07, 6.45) is 2.00. The van der Waals surface area contributed by atoms with Crippen molar-refractivity contribution in [1.29, 1.82) is 0 Å². The fourth-order valence-electron chi connectivity index (χ4n) is 5.55. The number of carbonyl (C=O) groups is 6. The van der Waals surface area contributed by atoms with Gasteiger partial charge in [-0.25, -0.2) is 0 Å². The normalized spacial score (nSPS) is 17.4. The lowest BCUT2D eigenvalue weighted by Crippen LogP contribution is -2.60. The van der Waals surface area contributed by atoms with E-state index in [-0.39, 0.29) is 45.2 Å². The molecule has 1 saturated heterocycles. The Morgan fingerprint density at radius 2 is 1.76 bits per heavy atom. The second-order valence-electron chi connectivity index (χ2n) is 11.4. The Bertz CT molecular complexity index is 1400. The van der Waals surface area contributed by atoms with E-state index in [0.29, 0.717) is 19.3 Å². The highest BCUT2D eigenvalue weighted by Gasteiger charge is 2.38. The number of benzene rings is 1. The van der Waals surface area contributed by atoms with E-state index in [1.54, 1.807) is 6.20 Å². The number of amides is 5. The van der Waals surface area contributed by atoms with Gasteiger partial charge in [-0.1, -0.05) is 18.2 Å². The van der Waals surface area contributed by atoms with E-state index in [9.17, 15) is 33.9 Å². The lowest BCUT2D eigenvalue weighted by atomic mass is 9.97. The third kappa shape index (κ3) is 10.5. The van der Waals surface area contributed by atoms with Crippen LogP contribution in [0.15, 0.2) is 30.5 Å². The number of H-pyrrole nitrogens is 1. The summed E-state index contributed by atoms with van der Waals surface area (Å²) < 4.78 is 0. The maximum Gasteiger partial charge on any atom is 0.303 e.